The molecule has 1 fully saturated rings. The van der Waals surface area contributed by atoms with Crippen LogP contribution in [0.4, 0.5) is 5.82 Å². The van der Waals surface area contributed by atoms with Crippen molar-refractivity contribution in [3.63, 3.8) is 0 Å². The number of carboxylic acids is 1. The highest BCUT2D eigenvalue weighted by atomic mass is 16.4. The van der Waals surface area contributed by atoms with E-state index in [0.717, 1.165) is 18.7 Å². The molecule has 1 aromatic heterocycles. The molecule has 2 rings (SSSR count). The van der Waals surface area contributed by atoms with E-state index < -0.39 is 11.5 Å². The van der Waals surface area contributed by atoms with Gasteiger partial charge in [0.05, 0.1) is 17.5 Å². The number of nitrogens with zero attached hydrogens (tertiary/aromatic N) is 2. The molecule has 6 nitrogen and oxygen atoms in total. The number of amides is 1. The van der Waals surface area contributed by atoms with Crippen LogP contribution in [0, 0.1) is 0 Å². The van der Waals surface area contributed by atoms with Gasteiger partial charge in [-0.25, -0.2) is 4.98 Å². The summed E-state index contributed by atoms with van der Waals surface area (Å²) >= 11 is 0. The van der Waals surface area contributed by atoms with Gasteiger partial charge in [0.2, 0.25) is 0 Å². The van der Waals surface area contributed by atoms with Gasteiger partial charge in [0.1, 0.15) is 5.82 Å². The minimum atomic E-state index is -0.877. The normalized spacial score (nSPS) is 16.5. The van der Waals surface area contributed by atoms with Crippen molar-refractivity contribution in [2.75, 3.05) is 19.0 Å². The predicted octanol–water partition coefficient (Wildman–Crippen LogP) is 1.66. The number of hydrogen-bond donors (Lipinski definition) is 2. The standard InChI is InChI=1S/C15H21N3O3/c1-18(2)12-6-5-11(10-16-12)14(21)17-15(9-13(19)20)7-3-4-8-15/h5-6,10H,3-4,7-9H2,1-2H3,(H,17,21)(H,19,20). The highest BCUT2D eigenvalue weighted by Gasteiger charge is 2.37. The molecule has 1 amide bonds. The third kappa shape index (κ3) is 3.71. The lowest BCUT2D eigenvalue weighted by molar-refractivity contribution is -0.138. The number of anilines is 1. The minimum absolute atomic E-state index is 0.0258. The van der Waals surface area contributed by atoms with Crippen molar-refractivity contribution in [1.82, 2.24) is 10.3 Å². The van der Waals surface area contributed by atoms with Crippen molar-refractivity contribution < 1.29 is 14.7 Å². The Bertz CT molecular complexity index is 519. The SMILES string of the molecule is CN(C)c1ccc(C(=O)NC2(CC(=O)O)CCCC2)cn1. The number of aromatic nitrogens is 1. The molecule has 0 spiro atoms. The van der Waals surface area contributed by atoms with Gasteiger partial charge in [-0.2, -0.15) is 0 Å². The zero-order chi connectivity index (χ0) is 15.5. The Labute approximate surface area is 124 Å². The Morgan fingerprint density at radius 2 is 2.00 bits per heavy atom. The molecule has 0 radical (unpaired) electrons. The van der Waals surface area contributed by atoms with Gasteiger partial charge in [-0.15, -0.1) is 0 Å². The van der Waals surface area contributed by atoms with Crippen molar-refractivity contribution in [1.29, 1.82) is 0 Å². The Morgan fingerprint density at radius 3 is 2.48 bits per heavy atom. The largest absolute Gasteiger partial charge is 0.481 e. The van der Waals surface area contributed by atoms with Gasteiger partial charge in [0.25, 0.3) is 5.91 Å². The monoisotopic (exact) mass is 291 g/mol. The predicted molar refractivity (Wildman–Crippen MR) is 79.5 cm³/mol. The first kappa shape index (κ1) is 15.3. The van der Waals surface area contributed by atoms with E-state index in [4.69, 9.17) is 5.11 Å². The maximum absolute atomic E-state index is 12.3. The summed E-state index contributed by atoms with van der Waals surface area (Å²) in [5.41, 5.74) is -0.152. The van der Waals surface area contributed by atoms with E-state index in [9.17, 15) is 9.59 Å². The summed E-state index contributed by atoms with van der Waals surface area (Å²) in [6.45, 7) is 0. The lowest BCUT2D eigenvalue weighted by Crippen LogP contribution is -2.47. The molecule has 1 aliphatic carbocycles. The van der Waals surface area contributed by atoms with Crippen LogP contribution in [0.3, 0.4) is 0 Å². The molecule has 6 heteroatoms. The van der Waals surface area contributed by atoms with Gasteiger partial charge in [-0.05, 0) is 25.0 Å². The smallest absolute Gasteiger partial charge is 0.305 e. The van der Waals surface area contributed by atoms with E-state index in [0.29, 0.717) is 18.4 Å². The lowest BCUT2D eigenvalue weighted by Gasteiger charge is -2.28. The molecule has 21 heavy (non-hydrogen) atoms. The Balaban J connectivity index is 2.10. The van der Waals surface area contributed by atoms with Crippen molar-refractivity contribution in [2.45, 2.75) is 37.6 Å². The quantitative estimate of drug-likeness (QED) is 0.862. The van der Waals surface area contributed by atoms with E-state index in [2.05, 4.69) is 10.3 Å². The molecule has 114 valence electrons. The second-order valence-corrected chi connectivity index (χ2v) is 5.81. The topological polar surface area (TPSA) is 82.5 Å². The summed E-state index contributed by atoms with van der Waals surface area (Å²) in [6.07, 6.45) is 4.83. The van der Waals surface area contributed by atoms with Crippen LogP contribution in [-0.4, -0.2) is 41.6 Å². The molecule has 1 heterocycles. The summed E-state index contributed by atoms with van der Waals surface area (Å²) in [7, 11) is 3.75. The Morgan fingerprint density at radius 1 is 1.33 bits per heavy atom. The molecular weight excluding hydrogens is 270 g/mol. The number of carbonyl (C=O) groups excluding carboxylic acids is 1. The van der Waals surface area contributed by atoms with Gasteiger partial charge >= 0.3 is 5.97 Å². The van der Waals surface area contributed by atoms with Crippen molar-refractivity contribution in [3.8, 4) is 0 Å². The molecule has 0 saturated heterocycles. The Kier molecular flexibility index (Phi) is 4.45. The molecule has 1 aromatic rings. The van der Waals surface area contributed by atoms with E-state index >= 15 is 0 Å². The maximum Gasteiger partial charge on any atom is 0.305 e. The van der Waals surface area contributed by atoms with Gasteiger partial charge in [-0.3, -0.25) is 9.59 Å². The van der Waals surface area contributed by atoms with Crippen LogP contribution in [-0.2, 0) is 4.79 Å². The second-order valence-electron chi connectivity index (χ2n) is 5.81. The minimum Gasteiger partial charge on any atom is -0.481 e. The van der Waals surface area contributed by atoms with Crippen molar-refractivity contribution >= 4 is 17.7 Å². The zero-order valence-corrected chi connectivity index (χ0v) is 12.4. The molecule has 0 aromatic carbocycles. The number of pyridine rings is 1. The zero-order valence-electron chi connectivity index (χ0n) is 12.4. The van der Waals surface area contributed by atoms with Crippen LogP contribution in [0.15, 0.2) is 18.3 Å². The molecule has 0 bridgehead atoms. The first-order chi connectivity index (χ1) is 9.92. The maximum atomic E-state index is 12.3. The van der Waals surface area contributed by atoms with Crippen LogP contribution in [0.25, 0.3) is 0 Å². The molecule has 1 saturated carbocycles. The highest BCUT2D eigenvalue weighted by molar-refractivity contribution is 5.95. The molecular formula is C15H21N3O3. The fourth-order valence-electron chi connectivity index (χ4n) is 2.79. The lowest BCUT2D eigenvalue weighted by atomic mass is 9.93. The van der Waals surface area contributed by atoms with Gasteiger partial charge < -0.3 is 15.3 Å². The Hall–Kier alpha value is -2.11. The number of carboxylic acid groups (broad SMARTS) is 1. The average molecular weight is 291 g/mol. The van der Waals surface area contributed by atoms with Crippen LogP contribution < -0.4 is 10.2 Å². The molecule has 0 atom stereocenters. The number of hydrogen-bond acceptors (Lipinski definition) is 4. The molecule has 1 aliphatic rings. The molecule has 2 N–H and O–H groups in total. The summed E-state index contributed by atoms with van der Waals surface area (Å²) in [5.74, 6) is -0.359. The van der Waals surface area contributed by atoms with Crippen LogP contribution >= 0.6 is 0 Å². The second kappa shape index (κ2) is 6.11. The number of carbonyl (C=O) groups is 2. The van der Waals surface area contributed by atoms with Crippen LogP contribution in [0.5, 0.6) is 0 Å². The fourth-order valence-corrected chi connectivity index (χ4v) is 2.79. The number of rotatable bonds is 5. The van der Waals surface area contributed by atoms with Crippen LogP contribution in [0.2, 0.25) is 0 Å². The summed E-state index contributed by atoms with van der Waals surface area (Å²) < 4.78 is 0. The number of aliphatic carboxylic acids is 1. The fraction of sp³-hybridized carbons (Fsp3) is 0.533. The van der Waals surface area contributed by atoms with Crippen LogP contribution in [0.1, 0.15) is 42.5 Å². The van der Waals surface area contributed by atoms with Gasteiger partial charge in [-0.1, -0.05) is 12.8 Å². The van der Waals surface area contributed by atoms with E-state index in [1.54, 1.807) is 12.1 Å². The average Bonchev–Trinajstić information content (AvgIpc) is 2.86. The summed E-state index contributed by atoms with van der Waals surface area (Å²) in [5, 5.41) is 12.0. The third-order valence-corrected chi connectivity index (χ3v) is 3.90. The first-order valence-corrected chi connectivity index (χ1v) is 7.10. The molecule has 0 unspecified atom stereocenters. The van der Waals surface area contributed by atoms with E-state index in [-0.39, 0.29) is 12.3 Å². The summed E-state index contributed by atoms with van der Waals surface area (Å²) in [4.78, 5) is 29.4. The number of nitrogens with one attached hydrogen (secondary N) is 1. The first-order valence-electron chi connectivity index (χ1n) is 7.10. The van der Waals surface area contributed by atoms with Gasteiger partial charge in [0.15, 0.2) is 0 Å². The van der Waals surface area contributed by atoms with Gasteiger partial charge in [0, 0.05) is 20.3 Å². The summed E-state index contributed by atoms with van der Waals surface area (Å²) in [6, 6.07) is 3.48. The van der Waals surface area contributed by atoms with E-state index in [1.165, 1.54) is 6.20 Å². The van der Waals surface area contributed by atoms with E-state index in [1.807, 2.05) is 19.0 Å². The third-order valence-electron chi connectivity index (χ3n) is 3.90. The highest BCUT2D eigenvalue weighted by Crippen LogP contribution is 2.33. The van der Waals surface area contributed by atoms with Crippen molar-refractivity contribution in [3.05, 3.63) is 23.9 Å². The van der Waals surface area contributed by atoms with Crippen molar-refractivity contribution in [2.24, 2.45) is 0 Å². The molecule has 0 aliphatic heterocycles.